The third kappa shape index (κ3) is 5.53. The maximum absolute atomic E-state index is 5.77. The average Bonchev–Trinajstić information content (AvgIpc) is 3.03. The standard InChI is InChI=1S/C11H8Cl.C5H4I.Fe/c12-11-7-5-10(6-8-11)9-3-1-2-4-9;6-5-3-1-2-4-5;/h1-8H;1-4H;/q-1;-5;. The second kappa shape index (κ2) is 8.59. The molecule has 0 nitrogen and oxygen atoms in total. The van der Waals surface area contributed by atoms with Crippen LogP contribution in [0.1, 0.15) is 0 Å². The predicted octanol–water partition coefficient (Wildman–Crippen LogP) is 5.73. The molecule has 0 amide bonds. The van der Waals surface area contributed by atoms with Crippen LogP contribution in [0.3, 0.4) is 0 Å². The Hall–Kier alpha value is -0.541. The third-order valence-corrected chi connectivity index (χ3v) is 3.43. The Balaban J connectivity index is 0.000000220. The molecule has 0 saturated heterocycles. The Morgan fingerprint density at radius 1 is 0.947 bits per heavy atom. The SMILES string of the molecule is Clc1ccc(-[c-]2cccc2)cc1.I[c-]1[cH-][cH-][cH-][cH-]1.[Fe]. The van der Waals surface area contributed by atoms with Gasteiger partial charge in [-0.1, -0.05) is 29.3 Å². The molecule has 104 valence electrons. The maximum atomic E-state index is 5.77. The molecule has 0 aliphatic heterocycles. The van der Waals surface area contributed by atoms with Gasteiger partial charge in [-0.3, -0.25) is 0 Å². The quantitative estimate of drug-likeness (QED) is 0.267. The summed E-state index contributed by atoms with van der Waals surface area (Å²) in [5.41, 5.74) is 2.45. The molecule has 0 atom stereocenters. The summed E-state index contributed by atoms with van der Waals surface area (Å²) in [5.74, 6) is 0. The van der Waals surface area contributed by atoms with Gasteiger partial charge in [-0.05, 0) is 0 Å². The van der Waals surface area contributed by atoms with Crippen molar-refractivity contribution in [3.63, 3.8) is 0 Å². The van der Waals surface area contributed by atoms with Crippen molar-refractivity contribution in [2.75, 3.05) is 0 Å². The molecule has 0 aliphatic rings. The minimum absolute atomic E-state index is 0. The van der Waals surface area contributed by atoms with Gasteiger partial charge in [0.1, 0.15) is 0 Å². The Morgan fingerprint density at radius 2 is 1.47 bits per heavy atom. The first kappa shape index (κ1) is 16.5. The average molecular weight is 422 g/mol. The Morgan fingerprint density at radius 3 is 1.89 bits per heavy atom. The van der Waals surface area contributed by atoms with Gasteiger partial charge in [0.25, 0.3) is 0 Å². The molecule has 0 bridgehead atoms. The molecule has 19 heavy (non-hydrogen) atoms. The second-order valence-corrected chi connectivity index (χ2v) is 5.47. The minimum atomic E-state index is 0. The number of hydrogen-bond donors (Lipinski definition) is 0. The van der Waals surface area contributed by atoms with E-state index in [0.717, 1.165) is 5.02 Å². The number of rotatable bonds is 1. The number of halogens is 2. The van der Waals surface area contributed by atoms with Crippen LogP contribution in [-0.2, 0) is 17.1 Å². The van der Waals surface area contributed by atoms with Gasteiger partial charge in [-0.25, -0.2) is 0 Å². The van der Waals surface area contributed by atoms with Gasteiger partial charge in [0.05, 0.1) is 0 Å². The van der Waals surface area contributed by atoms with E-state index in [2.05, 4.69) is 46.9 Å². The summed E-state index contributed by atoms with van der Waals surface area (Å²) in [4.78, 5) is 0. The van der Waals surface area contributed by atoms with E-state index in [1.54, 1.807) is 0 Å². The minimum Gasteiger partial charge on any atom is -0.747 e. The van der Waals surface area contributed by atoms with E-state index in [0.29, 0.717) is 0 Å². The van der Waals surface area contributed by atoms with Gasteiger partial charge in [-0.15, -0.1) is 29.8 Å². The van der Waals surface area contributed by atoms with Crippen molar-refractivity contribution < 1.29 is 17.1 Å². The smallest absolute Gasteiger partial charge is 0.0258 e. The molecule has 0 N–H and O–H groups in total. The van der Waals surface area contributed by atoms with Crippen LogP contribution in [0.5, 0.6) is 0 Å². The van der Waals surface area contributed by atoms with Crippen LogP contribution in [0.15, 0.2) is 72.8 Å². The van der Waals surface area contributed by atoms with Gasteiger partial charge >= 0.3 is 0 Å². The van der Waals surface area contributed by atoms with Crippen molar-refractivity contribution in [1.29, 1.82) is 0 Å². The molecule has 3 rings (SSSR count). The van der Waals surface area contributed by atoms with E-state index in [4.69, 9.17) is 11.6 Å². The summed E-state index contributed by atoms with van der Waals surface area (Å²) in [7, 11) is 0. The molecule has 0 unspecified atom stereocenters. The summed E-state index contributed by atoms with van der Waals surface area (Å²) >= 11 is 8.05. The van der Waals surface area contributed by atoms with Crippen molar-refractivity contribution in [2.45, 2.75) is 0 Å². The van der Waals surface area contributed by atoms with Gasteiger partial charge in [0, 0.05) is 22.1 Å². The zero-order chi connectivity index (χ0) is 12.8. The summed E-state index contributed by atoms with van der Waals surface area (Å²) < 4.78 is 1.31. The molecule has 0 heterocycles. The van der Waals surface area contributed by atoms with Crippen molar-refractivity contribution in [3.8, 4) is 11.1 Å². The fourth-order valence-corrected chi connectivity index (χ4v) is 2.10. The Kier molecular flexibility index (Phi) is 7.47. The molecule has 3 aromatic rings. The van der Waals surface area contributed by atoms with Gasteiger partial charge in [-0.2, -0.15) is 12.1 Å². The zero-order valence-electron chi connectivity index (χ0n) is 10.0. The van der Waals surface area contributed by atoms with E-state index in [-0.39, 0.29) is 17.1 Å². The number of hydrogen-bond acceptors (Lipinski definition) is 0. The van der Waals surface area contributed by atoms with Gasteiger partial charge < -0.3 is 50.4 Å². The Labute approximate surface area is 143 Å². The third-order valence-electron chi connectivity index (χ3n) is 2.46. The van der Waals surface area contributed by atoms with Crippen LogP contribution in [0.25, 0.3) is 11.1 Å². The summed E-state index contributed by atoms with van der Waals surface area (Å²) in [6.07, 6.45) is 0. The maximum Gasteiger partial charge on any atom is 0.0258 e. The molecule has 3 heteroatoms. The predicted molar refractivity (Wildman–Crippen MR) is 87.2 cm³/mol. The molecular weight excluding hydrogens is 410 g/mol. The molecule has 0 spiro atoms. The van der Waals surface area contributed by atoms with Crippen LogP contribution < -0.4 is 0 Å². The van der Waals surface area contributed by atoms with E-state index in [1.165, 1.54) is 14.7 Å². The first-order chi connectivity index (χ1) is 8.75. The second-order valence-electron chi connectivity index (χ2n) is 3.78. The monoisotopic (exact) mass is 422 g/mol. The molecular formula is C16H12ClFeI-6. The van der Waals surface area contributed by atoms with E-state index in [1.807, 2.05) is 48.5 Å². The van der Waals surface area contributed by atoms with E-state index < -0.39 is 0 Å². The van der Waals surface area contributed by atoms with Gasteiger partial charge in [0.15, 0.2) is 0 Å². The van der Waals surface area contributed by atoms with Crippen molar-refractivity contribution in [1.82, 2.24) is 0 Å². The summed E-state index contributed by atoms with van der Waals surface area (Å²) in [5, 5.41) is 0.783. The van der Waals surface area contributed by atoms with E-state index in [9.17, 15) is 0 Å². The van der Waals surface area contributed by atoms with Crippen LogP contribution in [-0.4, -0.2) is 0 Å². The van der Waals surface area contributed by atoms with Crippen LogP contribution in [0.2, 0.25) is 5.02 Å². The molecule has 0 fully saturated rings. The van der Waals surface area contributed by atoms with Crippen molar-refractivity contribution >= 4 is 34.2 Å². The Bertz CT molecular complexity index is 553. The number of benzene rings is 1. The fourth-order valence-electron chi connectivity index (χ4n) is 1.56. The molecule has 0 aliphatic carbocycles. The molecule has 0 aromatic heterocycles. The first-order valence-electron chi connectivity index (χ1n) is 5.60. The van der Waals surface area contributed by atoms with Gasteiger partial charge in [0.2, 0.25) is 0 Å². The molecule has 3 aromatic carbocycles. The first-order valence-corrected chi connectivity index (χ1v) is 7.06. The van der Waals surface area contributed by atoms with Crippen LogP contribution in [0, 0.1) is 3.57 Å². The van der Waals surface area contributed by atoms with Crippen molar-refractivity contribution in [2.24, 2.45) is 0 Å². The van der Waals surface area contributed by atoms with Crippen molar-refractivity contribution in [3.05, 3.63) is 81.4 Å². The molecule has 0 saturated carbocycles. The zero-order valence-corrected chi connectivity index (χ0v) is 14.1. The summed E-state index contributed by atoms with van der Waals surface area (Å²) in [6, 6.07) is 24.3. The normalized spacial score (nSPS) is 9.16. The van der Waals surface area contributed by atoms with E-state index >= 15 is 0 Å². The largest absolute Gasteiger partial charge is 0.747 e. The van der Waals surface area contributed by atoms with Crippen LogP contribution in [0.4, 0.5) is 0 Å². The summed E-state index contributed by atoms with van der Waals surface area (Å²) in [6.45, 7) is 0. The topological polar surface area (TPSA) is 0 Å². The van der Waals surface area contributed by atoms with Crippen LogP contribution >= 0.6 is 34.2 Å². The molecule has 0 radical (unpaired) electrons. The fraction of sp³-hybridized carbons (Fsp3) is 0.